The lowest BCUT2D eigenvalue weighted by atomic mass is 10.2. The summed E-state index contributed by atoms with van der Waals surface area (Å²) in [4.78, 5) is 13.8. The Morgan fingerprint density at radius 2 is 2.05 bits per heavy atom. The van der Waals surface area contributed by atoms with Crippen molar-refractivity contribution in [2.75, 3.05) is 19.6 Å². The normalized spacial score (nSPS) is 22.0. The van der Waals surface area contributed by atoms with Crippen molar-refractivity contribution in [1.82, 2.24) is 10.2 Å². The fraction of sp³-hybridized carbons (Fsp3) is 0.562. The van der Waals surface area contributed by atoms with E-state index in [-0.39, 0.29) is 6.09 Å². The van der Waals surface area contributed by atoms with Crippen LogP contribution in [0.4, 0.5) is 4.79 Å². The minimum Gasteiger partial charge on any atom is -0.445 e. The number of hydrogen-bond donors (Lipinski definition) is 1. The fourth-order valence-corrected chi connectivity index (χ4v) is 2.56. The lowest BCUT2D eigenvalue weighted by Gasteiger charge is -2.17. The van der Waals surface area contributed by atoms with Crippen LogP contribution in [0.25, 0.3) is 0 Å². The van der Waals surface area contributed by atoms with Gasteiger partial charge in [0.25, 0.3) is 0 Å². The molecule has 4 nitrogen and oxygen atoms in total. The molecule has 1 aliphatic heterocycles. The van der Waals surface area contributed by atoms with Crippen LogP contribution < -0.4 is 5.32 Å². The SMILES string of the molecule is O=C(OCc1ccccc1)N1CC[C@H](NCC2CC2)C1. The minimum absolute atomic E-state index is 0.190. The fourth-order valence-electron chi connectivity index (χ4n) is 2.56. The van der Waals surface area contributed by atoms with Gasteiger partial charge in [-0.25, -0.2) is 4.79 Å². The maximum absolute atomic E-state index is 12.0. The molecule has 0 unspecified atom stereocenters. The molecule has 1 heterocycles. The number of likely N-dealkylation sites (tertiary alicyclic amines) is 1. The van der Waals surface area contributed by atoms with E-state index in [0.717, 1.165) is 37.5 Å². The van der Waals surface area contributed by atoms with Gasteiger partial charge in [0.05, 0.1) is 0 Å². The second-order valence-electron chi connectivity index (χ2n) is 5.82. The molecule has 1 atom stereocenters. The number of carbonyl (C=O) groups is 1. The van der Waals surface area contributed by atoms with Gasteiger partial charge in [-0.3, -0.25) is 0 Å². The smallest absolute Gasteiger partial charge is 0.410 e. The Bertz CT molecular complexity index is 445. The van der Waals surface area contributed by atoms with Crippen molar-refractivity contribution in [3.05, 3.63) is 35.9 Å². The van der Waals surface area contributed by atoms with Gasteiger partial charge in [0, 0.05) is 19.1 Å². The molecule has 4 heteroatoms. The predicted octanol–water partition coefficient (Wildman–Crippen LogP) is 2.40. The highest BCUT2D eigenvalue weighted by Gasteiger charge is 2.29. The van der Waals surface area contributed by atoms with Crippen LogP contribution in [-0.2, 0) is 11.3 Å². The topological polar surface area (TPSA) is 41.6 Å². The number of ether oxygens (including phenoxy) is 1. The Kier molecular flexibility index (Phi) is 4.21. The maximum Gasteiger partial charge on any atom is 0.410 e. The van der Waals surface area contributed by atoms with Crippen molar-refractivity contribution in [3.63, 3.8) is 0 Å². The molecule has 2 fully saturated rings. The van der Waals surface area contributed by atoms with Crippen LogP contribution in [0.1, 0.15) is 24.8 Å². The van der Waals surface area contributed by atoms with Gasteiger partial charge in [0.2, 0.25) is 0 Å². The monoisotopic (exact) mass is 274 g/mol. The Morgan fingerprint density at radius 3 is 2.80 bits per heavy atom. The molecule has 20 heavy (non-hydrogen) atoms. The van der Waals surface area contributed by atoms with Crippen LogP contribution in [0.3, 0.4) is 0 Å². The molecular weight excluding hydrogens is 252 g/mol. The summed E-state index contributed by atoms with van der Waals surface area (Å²) in [5.41, 5.74) is 1.03. The zero-order valence-electron chi connectivity index (χ0n) is 11.8. The van der Waals surface area contributed by atoms with Gasteiger partial charge in [-0.05, 0) is 37.3 Å². The number of nitrogens with zero attached hydrogens (tertiary/aromatic N) is 1. The first kappa shape index (κ1) is 13.4. The molecule has 0 spiro atoms. The molecule has 2 aliphatic rings. The Hall–Kier alpha value is -1.55. The third-order valence-electron chi connectivity index (χ3n) is 4.04. The summed E-state index contributed by atoms with van der Waals surface area (Å²) in [6, 6.07) is 10.3. The van der Waals surface area contributed by atoms with Crippen LogP contribution in [0, 0.1) is 5.92 Å². The van der Waals surface area contributed by atoms with E-state index in [2.05, 4.69) is 5.32 Å². The van der Waals surface area contributed by atoms with Gasteiger partial charge in [-0.15, -0.1) is 0 Å². The lowest BCUT2D eigenvalue weighted by molar-refractivity contribution is 0.103. The Balaban J connectivity index is 1.39. The molecule has 108 valence electrons. The van der Waals surface area contributed by atoms with Crippen LogP contribution in [0.15, 0.2) is 30.3 Å². The predicted molar refractivity (Wildman–Crippen MR) is 77.3 cm³/mol. The van der Waals surface area contributed by atoms with E-state index in [1.165, 1.54) is 12.8 Å². The molecule has 3 rings (SSSR count). The number of rotatable bonds is 5. The molecular formula is C16H22N2O2. The van der Waals surface area contributed by atoms with Gasteiger partial charge < -0.3 is 15.0 Å². The third kappa shape index (κ3) is 3.73. The van der Waals surface area contributed by atoms with Crippen molar-refractivity contribution in [2.45, 2.75) is 31.9 Å². The van der Waals surface area contributed by atoms with Crippen molar-refractivity contribution in [2.24, 2.45) is 5.92 Å². The third-order valence-corrected chi connectivity index (χ3v) is 4.04. The van der Waals surface area contributed by atoms with E-state index >= 15 is 0 Å². The average Bonchev–Trinajstić information content (AvgIpc) is 3.20. The van der Waals surface area contributed by atoms with Crippen LogP contribution in [-0.4, -0.2) is 36.7 Å². The van der Waals surface area contributed by atoms with E-state index in [9.17, 15) is 4.79 Å². The standard InChI is InChI=1S/C16H22N2O2/c19-16(20-12-14-4-2-1-3-5-14)18-9-8-15(11-18)17-10-13-6-7-13/h1-5,13,15,17H,6-12H2/t15-/m0/s1. The summed E-state index contributed by atoms with van der Waals surface area (Å²) in [7, 11) is 0. The van der Waals surface area contributed by atoms with E-state index in [4.69, 9.17) is 4.74 Å². The molecule has 1 amide bonds. The summed E-state index contributed by atoms with van der Waals surface area (Å²) < 4.78 is 5.36. The molecule has 1 saturated heterocycles. The van der Waals surface area contributed by atoms with Crippen molar-refractivity contribution in [1.29, 1.82) is 0 Å². The summed E-state index contributed by atoms with van der Waals surface area (Å²) in [6.07, 6.45) is 3.57. The quantitative estimate of drug-likeness (QED) is 0.896. The van der Waals surface area contributed by atoms with Gasteiger partial charge in [-0.1, -0.05) is 30.3 Å². The average molecular weight is 274 g/mol. The molecule has 0 aromatic heterocycles. The molecule has 1 saturated carbocycles. The number of carbonyl (C=O) groups excluding carboxylic acids is 1. The van der Waals surface area contributed by atoms with E-state index in [1.54, 1.807) is 0 Å². The highest BCUT2D eigenvalue weighted by atomic mass is 16.6. The number of benzene rings is 1. The summed E-state index contributed by atoms with van der Waals surface area (Å²) in [6.45, 7) is 3.05. The number of amides is 1. The van der Waals surface area contributed by atoms with Gasteiger partial charge >= 0.3 is 6.09 Å². The van der Waals surface area contributed by atoms with Crippen molar-refractivity contribution in [3.8, 4) is 0 Å². The number of hydrogen-bond acceptors (Lipinski definition) is 3. The zero-order valence-corrected chi connectivity index (χ0v) is 11.8. The van der Waals surface area contributed by atoms with Gasteiger partial charge in [-0.2, -0.15) is 0 Å². The highest BCUT2D eigenvalue weighted by Crippen LogP contribution is 2.28. The maximum atomic E-state index is 12.0. The molecule has 0 radical (unpaired) electrons. The number of nitrogens with one attached hydrogen (secondary N) is 1. The molecule has 1 aliphatic carbocycles. The second kappa shape index (κ2) is 6.27. The van der Waals surface area contributed by atoms with Crippen LogP contribution in [0.2, 0.25) is 0 Å². The Labute approximate surface area is 120 Å². The molecule has 1 aromatic rings. The first-order chi connectivity index (χ1) is 9.81. The molecule has 0 bridgehead atoms. The highest BCUT2D eigenvalue weighted by molar-refractivity contribution is 5.68. The van der Waals surface area contributed by atoms with Crippen molar-refractivity contribution >= 4 is 6.09 Å². The zero-order chi connectivity index (χ0) is 13.8. The molecule has 1 aromatic carbocycles. The van der Waals surface area contributed by atoms with E-state index in [0.29, 0.717) is 12.6 Å². The summed E-state index contributed by atoms with van der Waals surface area (Å²) in [5, 5.41) is 3.55. The van der Waals surface area contributed by atoms with Gasteiger partial charge in [0.15, 0.2) is 0 Å². The summed E-state index contributed by atoms with van der Waals surface area (Å²) in [5.74, 6) is 0.883. The molecule has 1 N–H and O–H groups in total. The van der Waals surface area contributed by atoms with Crippen LogP contribution >= 0.6 is 0 Å². The van der Waals surface area contributed by atoms with Crippen LogP contribution in [0.5, 0.6) is 0 Å². The lowest BCUT2D eigenvalue weighted by Crippen LogP contribution is -2.36. The summed E-state index contributed by atoms with van der Waals surface area (Å²) >= 11 is 0. The minimum atomic E-state index is -0.190. The van der Waals surface area contributed by atoms with Gasteiger partial charge in [0.1, 0.15) is 6.61 Å². The first-order valence-corrected chi connectivity index (χ1v) is 7.50. The first-order valence-electron chi connectivity index (χ1n) is 7.50. The van der Waals surface area contributed by atoms with Crippen molar-refractivity contribution < 1.29 is 9.53 Å². The largest absolute Gasteiger partial charge is 0.445 e. The van der Waals surface area contributed by atoms with E-state index < -0.39 is 0 Å². The Morgan fingerprint density at radius 1 is 1.25 bits per heavy atom. The second-order valence-corrected chi connectivity index (χ2v) is 5.82. The van der Waals surface area contributed by atoms with E-state index in [1.807, 2.05) is 35.2 Å².